The van der Waals surface area contributed by atoms with Crippen LogP contribution in [0.1, 0.15) is 29.4 Å². The number of esters is 1. The molecule has 0 saturated heterocycles. The maximum absolute atomic E-state index is 12.8. The molecule has 0 amide bonds. The highest BCUT2D eigenvalue weighted by atomic mass is 16.7. The van der Waals surface area contributed by atoms with Crippen LogP contribution < -0.4 is 18.9 Å². The maximum atomic E-state index is 12.8. The first-order chi connectivity index (χ1) is 13.7. The monoisotopic (exact) mass is 382 g/mol. The fourth-order valence-corrected chi connectivity index (χ4v) is 4.32. The average Bonchev–Trinajstić information content (AvgIpc) is 3.43. The second-order valence-electron chi connectivity index (χ2n) is 7.03. The van der Waals surface area contributed by atoms with Crippen LogP contribution in [-0.2, 0) is 14.3 Å². The lowest BCUT2D eigenvalue weighted by Crippen LogP contribution is -2.26. The van der Waals surface area contributed by atoms with E-state index in [1.807, 2.05) is 36.4 Å². The Balaban J connectivity index is 1.59. The van der Waals surface area contributed by atoms with Gasteiger partial charge in [-0.1, -0.05) is 12.1 Å². The molecule has 0 bridgehead atoms. The van der Waals surface area contributed by atoms with Crippen molar-refractivity contribution in [1.82, 2.24) is 0 Å². The number of hydrogen-bond acceptors (Lipinski definition) is 7. The van der Waals surface area contributed by atoms with Gasteiger partial charge in [0.1, 0.15) is 11.7 Å². The summed E-state index contributed by atoms with van der Waals surface area (Å²) in [7, 11) is 1.31. The number of benzene rings is 2. The summed E-state index contributed by atoms with van der Waals surface area (Å²) in [6.07, 6.45) is 0.249. The van der Waals surface area contributed by atoms with E-state index in [0.717, 1.165) is 11.1 Å². The van der Waals surface area contributed by atoms with Crippen LogP contribution in [0.2, 0.25) is 0 Å². The zero-order chi connectivity index (χ0) is 19.3. The molecule has 0 unspecified atom stereocenters. The van der Waals surface area contributed by atoms with Crippen LogP contribution >= 0.6 is 0 Å². The van der Waals surface area contributed by atoms with Gasteiger partial charge >= 0.3 is 5.97 Å². The molecule has 5 rings (SSSR count). The zero-order valence-corrected chi connectivity index (χ0v) is 15.2. The third kappa shape index (κ3) is 2.58. The van der Waals surface area contributed by atoms with E-state index in [1.54, 1.807) is 0 Å². The van der Waals surface area contributed by atoms with Crippen LogP contribution in [0.5, 0.6) is 23.0 Å². The van der Waals surface area contributed by atoms with E-state index in [0.29, 0.717) is 23.0 Å². The topological polar surface area (TPSA) is 80.3 Å². The summed E-state index contributed by atoms with van der Waals surface area (Å²) in [5.74, 6) is 0.538. The number of Topliss-reactive ketones (excluding diaryl/α,β-unsaturated/α-hetero) is 1. The molecule has 2 heterocycles. The van der Waals surface area contributed by atoms with Gasteiger partial charge in [0, 0.05) is 12.3 Å². The molecule has 2 aromatic rings. The Kier molecular flexibility index (Phi) is 3.89. The van der Waals surface area contributed by atoms with E-state index in [-0.39, 0.29) is 37.6 Å². The van der Waals surface area contributed by atoms with Crippen LogP contribution in [0.3, 0.4) is 0 Å². The van der Waals surface area contributed by atoms with E-state index < -0.39 is 11.9 Å². The Bertz CT molecular complexity index is 967. The summed E-state index contributed by atoms with van der Waals surface area (Å²) in [5.41, 5.74) is 1.76. The molecular formula is C21H18O7. The molecule has 28 heavy (non-hydrogen) atoms. The molecule has 144 valence electrons. The third-order valence-corrected chi connectivity index (χ3v) is 5.62. The predicted molar refractivity (Wildman–Crippen MR) is 95.7 cm³/mol. The van der Waals surface area contributed by atoms with E-state index in [2.05, 4.69) is 0 Å². The summed E-state index contributed by atoms with van der Waals surface area (Å²) in [4.78, 5) is 25.3. The van der Waals surface area contributed by atoms with Crippen molar-refractivity contribution in [2.45, 2.75) is 18.3 Å². The van der Waals surface area contributed by atoms with Crippen molar-refractivity contribution in [3.05, 3.63) is 47.5 Å². The number of rotatable bonds is 3. The lowest BCUT2D eigenvalue weighted by molar-refractivity contribution is -0.148. The second kappa shape index (κ2) is 6.44. The summed E-state index contributed by atoms with van der Waals surface area (Å²) in [6.45, 7) is 0.340. The first kappa shape index (κ1) is 16.9. The fraction of sp³-hybridized carbons (Fsp3) is 0.333. The van der Waals surface area contributed by atoms with Crippen molar-refractivity contribution in [1.29, 1.82) is 0 Å². The number of methoxy groups -OCH3 is 1. The molecule has 2 aromatic carbocycles. The van der Waals surface area contributed by atoms with Crippen molar-refractivity contribution in [3.8, 4) is 23.0 Å². The summed E-state index contributed by atoms with van der Waals surface area (Å²) < 4.78 is 26.7. The highest BCUT2D eigenvalue weighted by Crippen LogP contribution is 2.51. The zero-order valence-electron chi connectivity index (χ0n) is 15.2. The Morgan fingerprint density at radius 2 is 1.46 bits per heavy atom. The normalized spacial score (nSPS) is 24.5. The van der Waals surface area contributed by atoms with Gasteiger partial charge < -0.3 is 23.7 Å². The van der Waals surface area contributed by atoms with Crippen molar-refractivity contribution in [2.75, 3.05) is 20.7 Å². The molecule has 0 spiro atoms. The predicted octanol–water partition coefficient (Wildman–Crippen LogP) is 2.77. The molecule has 0 N–H and O–H groups in total. The molecule has 3 atom stereocenters. The molecule has 1 saturated carbocycles. The number of carbonyl (C=O) groups excluding carboxylic acids is 2. The molecule has 1 fully saturated rings. The van der Waals surface area contributed by atoms with Crippen molar-refractivity contribution < 1.29 is 33.3 Å². The Morgan fingerprint density at radius 1 is 0.893 bits per heavy atom. The number of hydrogen-bond donors (Lipinski definition) is 0. The first-order valence-electron chi connectivity index (χ1n) is 9.05. The smallest absolute Gasteiger partial charge is 0.316 e. The van der Waals surface area contributed by atoms with Gasteiger partial charge in [0.2, 0.25) is 13.6 Å². The SMILES string of the molecule is COC(=O)[C@H]1C(=O)C[C@@H](c2ccc3c(c2)OCO3)[C@@H]1c1ccc2c(c1)OCO2. The second-order valence-corrected chi connectivity index (χ2v) is 7.03. The molecule has 2 aliphatic heterocycles. The average molecular weight is 382 g/mol. The molecule has 0 radical (unpaired) electrons. The standard InChI is InChI=1S/C21H18O7/c1-24-21(23)20-14(22)8-13(11-2-4-15-17(6-11)27-9-25-15)19(20)12-3-5-16-18(7-12)28-10-26-16/h2-7,13,19-20H,8-10H2,1H3/t13-,19-,20-/m0/s1. The van der Waals surface area contributed by atoms with Crippen molar-refractivity contribution >= 4 is 11.8 Å². The van der Waals surface area contributed by atoms with Gasteiger partial charge in [0.05, 0.1) is 7.11 Å². The molecule has 0 aromatic heterocycles. The summed E-state index contributed by atoms with van der Waals surface area (Å²) in [5, 5.41) is 0. The van der Waals surface area contributed by atoms with E-state index >= 15 is 0 Å². The fourth-order valence-electron chi connectivity index (χ4n) is 4.32. The van der Waals surface area contributed by atoms with Crippen molar-refractivity contribution in [3.63, 3.8) is 0 Å². The minimum atomic E-state index is -0.860. The lowest BCUT2D eigenvalue weighted by Gasteiger charge is -2.24. The van der Waals surface area contributed by atoms with E-state index in [1.165, 1.54) is 7.11 Å². The van der Waals surface area contributed by atoms with Crippen LogP contribution in [0, 0.1) is 5.92 Å². The van der Waals surface area contributed by atoms with Crippen LogP contribution in [-0.4, -0.2) is 32.4 Å². The van der Waals surface area contributed by atoms with Crippen LogP contribution in [0.4, 0.5) is 0 Å². The first-order valence-corrected chi connectivity index (χ1v) is 9.05. The molecule has 3 aliphatic rings. The van der Waals surface area contributed by atoms with Gasteiger partial charge in [0.25, 0.3) is 0 Å². The van der Waals surface area contributed by atoms with Gasteiger partial charge in [-0.25, -0.2) is 0 Å². The molecule has 7 nitrogen and oxygen atoms in total. The molecule has 7 heteroatoms. The molecule has 1 aliphatic carbocycles. The summed E-state index contributed by atoms with van der Waals surface area (Å²) in [6, 6.07) is 11.2. The number of carbonyl (C=O) groups is 2. The van der Waals surface area contributed by atoms with Crippen molar-refractivity contribution in [2.24, 2.45) is 5.92 Å². The van der Waals surface area contributed by atoms with Gasteiger partial charge in [-0.3, -0.25) is 9.59 Å². The number of ether oxygens (including phenoxy) is 5. The minimum absolute atomic E-state index is 0.128. The largest absolute Gasteiger partial charge is 0.468 e. The van der Waals surface area contributed by atoms with Gasteiger partial charge in [0.15, 0.2) is 23.0 Å². The summed E-state index contributed by atoms with van der Waals surface area (Å²) >= 11 is 0. The van der Waals surface area contributed by atoms with Gasteiger partial charge in [-0.15, -0.1) is 0 Å². The highest BCUT2D eigenvalue weighted by molar-refractivity contribution is 6.02. The highest BCUT2D eigenvalue weighted by Gasteiger charge is 2.49. The van der Waals surface area contributed by atoms with Crippen LogP contribution in [0.25, 0.3) is 0 Å². The quantitative estimate of drug-likeness (QED) is 0.596. The van der Waals surface area contributed by atoms with Gasteiger partial charge in [-0.05, 0) is 41.3 Å². The molecular weight excluding hydrogens is 364 g/mol. The number of ketones is 1. The third-order valence-electron chi connectivity index (χ3n) is 5.62. The van der Waals surface area contributed by atoms with E-state index in [4.69, 9.17) is 23.7 Å². The van der Waals surface area contributed by atoms with Gasteiger partial charge in [-0.2, -0.15) is 0 Å². The lowest BCUT2D eigenvalue weighted by atomic mass is 9.79. The maximum Gasteiger partial charge on any atom is 0.316 e. The Morgan fingerprint density at radius 3 is 2.11 bits per heavy atom. The minimum Gasteiger partial charge on any atom is -0.468 e. The van der Waals surface area contributed by atoms with E-state index in [9.17, 15) is 9.59 Å². The Hall–Kier alpha value is -3.22. The number of fused-ring (bicyclic) bond motifs is 2. The van der Waals surface area contributed by atoms with Crippen LogP contribution in [0.15, 0.2) is 36.4 Å². The Labute approximate surface area is 161 Å².